The molecule has 118 valence electrons. The Labute approximate surface area is 129 Å². The number of hydrogen-bond acceptors (Lipinski definition) is 4. The highest BCUT2D eigenvalue weighted by atomic mass is 32.2. The lowest BCUT2D eigenvalue weighted by Crippen LogP contribution is -2.35. The third-order valence-electron chi connectivity index (χ3n) is 3.29. The normalized spacial score (nSPS) is 19.0. The van der Waals surface area contributed by atoms with Crippen LogP contribution in [0.3, 0.4) is 0 Å². The molecular formula is C14H21FN2O2S2. The molecule has 2 rings (SSSR count). The summed E-state index contributed by atoms with van der Waals surface area (Å²) in [5, 5.41) is 3.18. The number of nitrogens with one attached hydrogen (secondary N) is 2. The van der Waals surface area contributed by atoms with Crippen LogP contribution in [0.2, 0.25) is 0 Å². The van der Waals surface area contributed by atoms with Gasteiger partial charge in [-0.25, -0.2) is 17.5 Å². The van der Waals surface area contributed by atoms with E-state index in [1.54, 1.807) is 17.8 Å². The van der Waals surface area contributed by atoms with E-state index in [2.05, 4.69) is 17.0 Å². The van der Waals surface area contributed by atoms with Gasteiger partial charge in [-0.3, -0.25) is 0 Å². The summed E-state index contributed by atoms with van der Waals surface area (Å²) in [6.45, 7) is 3.43. The molecule has 0 saturated carbocycles. The van der Waals surface area contributed by atoms with E-state index in [0.29, 0.717) is 6.54 Å². The van der Waals surface area contributed by atoms with Crippen LogP contribution >= 0.6 is 11.8 Å². The van der Waals surface area contributed by atoms with Crippen LogP contribution in [0.4, 0.5) is 4.39 Å². The van der Waals surface area contributed by atoms with E-state index in [0.717, 1.165) is 36.5 Å². The van der Waals surface area contributed by atoms with Gasteiger partial charge in [-0.05, 0) is 42.8 Å². The summed E-state index contributed by atoms with van der Waals surface area (Å²) in [7, 11) is -3.79. The maximum atomic E-state index is 13.9. The molecule has 0 radical (unpaired) electrons. The summed E-state index contributed by atoms with van der Waals surface area (Å²) in [5.74, 6) is 0.988. The van der Waals surface area contributed by atoms with Gasteiger partial charge in [0.2, 0.25) is 10.0 Å². The quantitative estimate of drug-likeness (QED) is 0.751. The zero-order valence-corrected chi connectivity index (χ0v) is 13.7. The first-order valence-electron chi connectivity index (χ1n) is 7.12. The van der Waals surface area contributed by atoms with E-state index in [-0.39, 0.29) is 10.9 Å². The van der Waals surface area contributed by atoms with Crippen LogP contribution in [0, 0.1) is 5.82 Å². The molecule has 1 fully saturated rings. The van der Waals surface area contributed by atoms with Gasteiger partial charge in [-0.1, -0.05) is 13.0 Å². The monoisotopic (exact) mass is 332 g/mol. The molecule has 0 amide bonds. The van der Waals surface area contributed by atoms with Crippen molar-refractivity contribution in [3.8, 4) is 0 Å². The van der Waals surface area contributed by atoms with Crippen molar-refractivity contribution in [2.24, 2.45) is 0 Å². The number of rotatable bonds is 7. The Morgan fingerprint density at radius 1 is 1.43 bits per heavy atom. The van der Waals surface area contributed by atoms with Crippen molar-refractivity contribution >= 4 is 21.8 Å². The maximum Gasteiger partial charge on any atom is 0.243 e. The van der Waals surface area contributed by atoms with Crippen LogP contribution in [0.1, 0.15) is 25.3 Å². The molecule has 2 N–H and O–H groups in total. The number of hydrogen-bond donors (Lipinski definition) is 2. The molecule has 0 aromatic heterocycles. The van der Waals surface area contributed by atoms with Gasteiger partial charge in [0.15, 0.2) is 0 Å². The van der Waals surface area contributed by atoms with Crippen LogP contribution < -0.4 is 10.0 Å². The Bertz CT molecular complexity index is 572. The third-order valence-corrected chi connectivity index (χ3v) is 5.99. The summed E-state index contributed by atoms with van der Waals surface area (Å²) >= 11 is 1.71. The molecule has 1 atom stereocenters. The van der Waals surface area contributed by atoms with Crippen molar-refractivity contribution in [2.45, 2.75) is 37.2 Å². The lowest BCUT2D eigenvalue weighted by atomic mass is 10.2. The minimum Gasteiger partial charge on any atom is -0.313 e. The van der Waals surface area contributed by atoms with E-state index in [4.69, 9.17) is 0 Å². The number of halogens is 1. The predicted molar refractivity (Wildman–Crippen MR) is 84.4 cm³/mol. The van der Waals surface area contributed by atoms with Crippen LogP contribution in [0.15, 0.2) is 23.1 Å². The van der Waals surface area contributed by atoms with Gasteiger partial charge in [0.05, 0.1) is 0 Å². The SMILES string of the molecule is CCCNCc1ccc(F)c(S(=O)(=O)NC2CCSC2)c1. The predicted octanol–water partition coefficient (Wildman–Crippen LogP) is 2.11. The van der Waals surface area contributed by atoms with Gasteiger partial charge < -0.3 is 5.32 Å². The summed E-state index contributed by atoms with van der Waals surface area (Å²) in [6.07, 6.45) is 1.79. The standard InChI is InChI=1S/C14H21FN2O2S2/c1-2-6-16-9-11-3-4-13(15)14(8-11)21(18,19)17-12-5-7-20-10-12/h3-4,8,12,16-17H,2,5-7,9-10H2,1H3. The first-order valence-corrected chi connectivity index (χ1v) is 9.76. The molecule has 1 aliphatic heterocycles. The second-order valence-corrected chi connectivity index (χ2v) is 7.96. The fraction of sp³-hybridized carbons (Fsp3) is 0.571. The molecule has 1 heterocycles. The van der Waals surface area contributed by atoms with Gasteiger partial charge in [0.25, 0.3) is 0 Å². The molecule has 21 heavy (non-hydrogen) atoms. The van der Waals surface area contributed by atoms with Crippen molar-refractivity contribution < 1.29 is 12.8 Å². The number of benzene rings is 1. The van der Waals surface area contributed by atoms with Crippen molar-refractivity contribution in [3.63, 3.8) is 0 Å². The molecule has 1 aromatic rings. The fourth-order valence-electron chi connectivity index (χ4n) is 2.18. The van der Waals surface area contributed by atoms with E-state index >= 15 is 0 Å². The Hall–Kier alpha value is -0.630. The molecule has 7 heteroatoms. The molecule has 0 spiro atoms. The first kappa shape index (κ1) is 16.7. The second kappa shape index (κ2) is 7.58. The molecule has 4 nitrogen and oxygen atoms in total. The van der Waals surface area contributed by atoms with Crippen molar-refractivity contribution in [2.75, 3.05) is 18.1 Å². The highest BCUT2D eigenvalue weighted by Gasteiger charge is 2.25. The first-order chi connectivity index (χ1) is 10.0. The van der Waals surface area contributed by atoms with E-state index in [9.17, 15) is 12.8 Å². The highest BCUT2D eigenvalue weighted by Crippen LogP contribution is 2.21. The number of thioether (sulfide) groups is 1. The van der Waals surface area contributed by atoms with Crippen LogP contribution in [-0.2, 0) is 16.6 Å². The Morgan fingerprint density at radius 2 is 2.24 bits per heavy atom. The van der Waals surface area contributed by atoms with Crippen LogP contribution in [-0.4, -0.2) is 32.5 Å². The minimum atomic E-state index is -3.79. The fourth-order valence-corrected chi connectivity index (χ4v) is 4.84. The maximum absolute atomic E-state index is 13.9. The average Bonchev–Trinajstić information content (AvgIpc) is 2.93. The molecule has 1 saturated heterocycles. The highest BCUT2D eigenvalue weighted by molar-refractivity contribution is 7.99. The number of sulfonamides is 1. The Balaban J connectivity index is 2.14. The van der Waals surface area contributed by atoms with Gasteiger partial charge >= 0.3 is 0 Å². The zero-order chi connectivity index (χ0) is 15.3. The van der Waals surface area contributed by atoms with Crippen molar-refractivity contribution in [1.29, 1.82) is 0 Å². The average molecular weight is 332 g/mol. The topological polar surface area (TPSA) is 58.2 Å². The smallest absolute Gasteiger partial charge is 0.243 e. The zero-order valence-electron chi connectivity index (χ0n) is 12.1. The molecule has 1 aromatic carbocycles. The summed E-state index contributed by atoms with van der Waals surface area (Å²) in [5.41, 5.74) is 0.769. The van der Waals surface area contributed by atoms with E-state index in [1.807, 2.05) is 0 Å². The lowest BCUT2D eigenvalue weighted by Gasteiger charge is -2.13. The molecule has 1 aliphatic rings. The minimum absolute atomic E-state index is 0.0960. The van der Waals surface area contributed by atoms with Crippen LogP contribution in [0.5, 0.6) is 0 Å². The Kier molecular flexibility index (Phi) is 6.04. The van der Waals surface area contributed by atoms with E-state index in [1.165, 1.54) is 12.1 Å². The molecule has 1 unspecified atom stereocenters. The van der Waals surface area contributed by atoms with E-state index < -0.39 is 15.8 Å². The molecular weight excluding hydrogens is 311 g/mol. The van der Waals surface area contributed by atoms with Crippen LogP contribution in [0.25, 0.3) is 0 Å². The van der Waals surface area contributed by atoms with Crippen molar-refractivity contribution in [3.05, 3.63) is 29.6 Å². The second-order valence-electron chi connectivity index (χ2n) is 5.12. The van der Waals surface area contributed by atoms with Gasteiger partial charge in [0, 0.05) is 18.3 Å². The summed E-state index contributed by atoms with van der Waals surface area (Å²) < 4.78 is 41.1. The van der Waals surface area contributed by atoms with Gasteiger partial charge in [-0.15, -0.1) is 0 Å². The third kappa shape index (κ3) is 4.67. The Morgan fingerprint density at radius 3 is 2.90 bits per heavy atom. The van der Waals surface area contributed by atoms with Gasteiger partial charge in [0.1, 0.15) is 10.7 Å². The summed E-state index contributed by atoms with van der Waals surface area (Å²) in [4.78, 5) is -0.254. The van der Waals surface area contributed by atoms with Crippen molar-refractivity contribution in [1.82, 2.24) is 10.0 Å². The lowest BCUT2D eigenvalue weighted by molar-refractivity contribution is 0.543. The molecule has 0 aliphatic carbocycles. The van der Waals surface area contributed by atoms with Gasteiger partial charge in [-0.2, -0.15) is 11.8 Å². The molecule has 0 bridgehead atoms. The largest absolute Gasteiger partial charge is 0.313 e. The summed E-state index contributed by atoms with van der Waals surface area (Å²) in [6, 6.07) is 4.16.